The molecule has 1 heterocycles. The van der Waals surface area contributed by atoms with Crippen molar-refractivity contribution in [3.05, 3.63) is 53.9 Å². The third kappa shape index (κ3) is 3.69. The summed E-state index contributed by atoms with van der Waals surface area (Å²) in [6.07, 6.45) is 3.64. The average Bonchev–Trinajstić information content (AvgIpc) is 2.48. The monoisotopic (exact) mass is 258 g/mol. The van der Waals surface area contributed by atoms with Gasteiger partial charge in [-0.2, -0.15) is 0 Å². The van der Waals surface area contributed by atoms with Gasteiger partial charge in [0, 0.05) is 25.5 Å². The van der Waals surface area contributed by atoms with Crippen LogP contribution in [0.5, 0.6) is 11.5 Å². The number of benzene rings is 1. The zero-order valence-corrected chi connectivity index (χ0v) is 11.2. The molecule has 100 valence electrons. The normalized spacial score (nSPS) is 10.2. The summed E-state index contributed by atoms with van der Waals surface area (Å²) in [5.74, 6) is 1.50. The molecule has 1 aromatic heterocycles. The third-order valence-electron chi connectivity index (χ3n) is 2.83. The molecule has 0 amide bonds. The van der Waals surface area contributed by atoms with Crippen LogP contribution in [0.2, 0.25) is 0 Å². The molecule has 4 nitrogen and oxygen atoms in total. The van der Waals surface area contributed by atoms with Gasteiger partial charge >= 0.3 is 0 Å². The molecular weight excluding hydrogens is 240 g/mol. The van der Waals surface area contributed by atoms with Crippen LogP contribution in [0.15, 0.2) is 42.7 Å². The summed E-state index contributed by atoms with van der Waals surface area (Å²) in [6, 6.07) is 9.91. The van der Waals surface area contributed by atoms with Gasteiger partial charge in [0.2, 0.25) is 0 Å². The summed E-state index contributed by atoms with van der Waals surface area (Å²) >= 11 is 0. The first-order valence-corrected chi connectivity index (χ1v) is 6.14. The Morgan fingerprint density at radius 3 is 2.47 bits per heavy atom. The summed E-state index contributed by atoms with van der Waals surface area (Å²) in [5, 5.41) is 3.37. The Morgan fingerprint density at radius 2 is 1.79 bits per heavy atom. The summed E-state index contributed by atoms with van der Waals surface area (Å²) < 4.78 is 10.5. The highest BCUT2D eigenvalue weighted by atomic mass is 16.5. The number of ether oxygens (including phenoxy) is 2. The fourth-order valence-corrected chi connectivity index (χ4v) is 1.84. The van der Waals surface area contributed by atoms with Gasteiger partial charge in [0.15, 0.2) is 11.5 Å². The van der Waals surface area contributed by atoms with Crippen molar-refractivity contribution >= 4 is 0 Å². The molecule has 4 heteroatoms. The molecule has 0 fully saturated rings. The molecule has 0 atom stereocenters. The maximum Gasteiger partial charge on any atom is 0.161 e. The molecule has 0 spiro atoms. The Kier molecular flexibility index (Phi) is 4.75. The maximum absolute atomic E-state index is 5.28. The largest absolute Gasteiger partial charge is 0.493 e. The third-order valence-corrected chi connectivity index (χ3v) is 2.83. The van der Waals surface area contributed by atoms with E-state index in [0.29, 0.717) is 0 Å². The second kappa shape index (κ2) is 6.75. The second-order valence-electron chi connectivity index (χ2n) is 4.15. The first-order valence-electron chi connectivity index (χ1n) is 6.14. The second-order valence-corrected chi connectivity index (χ2v) is 4.15. The smallest absolute Gasteiger partial charge is 0.161 e. The number of hydrogen-bond acceptors (Lipinski definition) is 4. The quantitative estimate of drug-likeness (QED) is 0.864. The number of nitrogens with zero attached hydrogens (tertiary/aromatic N) is 1. The number of nitrogens with one attached hydrogen (secondary N) is 1. The molecule has 19 heavy (non-hydrogen) atoms. The zero-order valence-electron chi connectivity index (χ0n) is 11.2. The number of rotatable bonds is 6. The Bertz CT molecular complexity index is 515. The van der Waals surface area contributed by atoms with E-state index < -0.39 is 0 Å². The molecule has 0 bridgehead atoms. The lowest BCUT2D eigenvalue weighted by Gasteiger charge is -2.10. The van der Waals surface area contributed by atoms with E-state index in [-0.39, 0.29) is 0 Å². The molecule has 1 N–H and O–H groups in total. The summed E-state index contributed by atoms with van der Waals surface area (Å²) in [6.45, 7) is 1.57. The molecule has 0 aliphatic heterocycles. The average molecular weight is 258 g/mol. The minimum atomic E-state index is 0.749. The first kappa shape index (κ1) is 13.4. The molecule has 2 aromatic rings. The molecule has 0 unspecified atom stereocenters. The Morgan fingerprint density at radius 1 is 1.00 bits per heavy atom. The topological polar surface area (TPSA) is 43.4 Å². The van der Waals surface area contributed by atoms with Crippen molar-refractivity contribution in [1.82, 2.24) is 10.3 Å². The van der Waals surface area contributed by atoms with Crippen LogP contribution >= 0.6 is 0 Å². The SMILES string of the molecule is COc1ccc(CNCc2cccnc2)cc1OC. The van der Waals surface area contributed by atoms with E-state index in [1.54, 1.807) is 20.4 Å². The van der Waals surface area contributed by atoms with Crippen LogP contribution in [0.4, 0.5) is 0 Å². The summed E-state index contributed by atoms with van der Waals surface area (Å²) in [5.41, 5.74) is 2.32. The lowest BCUT2D eigenvalue weighted by molar-refractivity contribution is 0.354. The molecule has 1 aromatic carbocycles. The van der Waals surface area contributed by atoms with Crippen molar-refractivity contribution in [3.63, 3.8) is 0 Å². The van der Waals surface area contributed by atoms with Crippen molar-refractivity contribution in [3.8, 4) is 11.5 Å². The van der Waals surface area contributed by atoms with Gasteiger partial charge in [-0.15, -0.1) is 0 Å². The maximum atomic E-state index is 5.28. The highest BCUT2D eigenvalue weighted by Gasteiger charge is 2.04. The Hall–Kier alpha value is -2.07. The molecule has 0 saturated heterocycles. The fourth-order valence-electron chi connectivity index (χ4n) is 1.84. The summed E-state index contributed by atoms with van der Waals surface area (Å²) in [4.78, 5) is 4.08. The van der Waals surface area contributed by atoms with Gasteiger partial charge in [0.25, 0.3) is 0 Å². The predicted molar refractivity (Wildman–Crippen MR) is 74.3 cm³/mol. The summed E-state index contributed by atoms with van der Waals surface area (Å²) in [7, 11) is 3.28. The van der Waals surface area contributed by atoms with Crippen LogP contribution in [0.1, 0.15) is 11.1 Å². The standard InChI is InChI=1S/C15H18N2O2/c1-18-14-6-5-12(8-15(14)19-2)9-17-11-13-4-3-7-16-10-13/h3-8,10,17H,9,11H2,1-2H3. The highest BCUT2D eigenvalue weighted by molar-refractivity contribution is 5.42. The Labute approximate surface area is 113 Å². The minimum Gasteiger partial charge on any atom is -0.493 e. The van der Waals surface area contributed by atoms with Gasteiger partial charge in [0.05, 0.1) is 14.2 Å². The van der Waals surface area contributed by atoms with Gasteiger partial charge < -0.3 is 14.8 Å². The van der Waals surface area contributed by atoms with Crippen LogP contribution in [0.3, 0.4) is 0 Å². The van der Waals surface area contributed by atoms with Gasteiger partial charge in [-0.1, -0.05) is 12.1 Å². The number of hydrogen-bond donors (Lipinski definition) is 1. The Balaban J connectivity index is 1.93. The van der Waals surface area contributed by atoms with Crippen molar-refractivity contribution in [2.45, 2.75) is 13.1 Å². The van der Waals surface area contributed by atoms with E-state index in [2.05, 4.69) is 16.4 Å². The van der Waals surface area contributed by atoms with E-state index in [1.165, 1.54) is 5.56 Å². The zero-order chi connectivity index (χ0) is 13.5. The van der Waals surface area contributed by atoms with E-state index in [4.69, 9.17) is 9.47 Å². The van der Waals surface area contributed by atoms with Gasteiger partial charge in [0.1, 0.15) is 0 Å². The van der Waals surface area contributed by atoms with E-state index in [1.807, 2.05) is 30.5 Å². The van der Waals surface area contributed by atoms with Crippen molar-refractivity contribution in [2.75, 3.05) is 14.2 Å². The molecule has 0 saturated carbocycles. The van der Waals surface area contributed by atoms with Crippen LogP contribution in [-0.4, -0.2) is 19.2 Å². The van der Waals surface area contributed by atoms with Gasteiger partial charge in [-0.05, 0) is 29.3 Å². The van der Waals surface area contributed by atoms with Crippen LogP contribution < -0.4 is 14.8 Å². The van der Waals surface area contributed by atoms with Crippen LogP contribution in [0, 0.1) is 0 Å². The number of aromatic nitrogens is 1. The van der Waals surface area contributed by atoms with E-state index >= 15 is 0 Å². The van der Waals surface area contributed by atoms with Gasteiger partial charge in [-0.25, -0.2) is 0 Å². The molecule has 0 aliphatic carbocycles. The van der Waals surface area contributed by atoms with Gasteiger partial charge in [-0.3, -0.25) is 4.98 Å². The number of methoxy groups -OCH3 is 2. The van der Waals surface area contributed by atoms with Crippen molar-refractivity contribution in [2.24, 2.45) is 0 Å². The number of pyridine rings is 1. The fraction of sp³-hybridized carbons (Fsp3) is 0.267. The van der Waals surface area contributed by atoms with E-state index in [9.17, 15) is 0 Å². The highest BCUT2D eigenvalue weighted by Crippen LogP contribution is 2.27. The molecule has 0 aliphatic rings. The molecular formula is C15H18N2O2. The predicted octanol–water partition coefficient (Wildman–Crippen LogP) is 2.39. The first-order chi connectivity index (χ1) is 9.33. The van der Waals surface area contributed by atoms with Crippen molar-refractivity contribution < 1.29 is 9.47 Å². The van der Waals surface area contributed by atoms with Crippen LogP contribution in [0.25, 0.3) is 0 Å². The van der Waals surface area contributed by atoms with Crippen molar-refractivity contribution in [1.29, 1.82) is 0 Å². The minimum absolute atomic E-state index is 0.749. The molecule has 2 rings (SSSR count). The van der Waals surface area contributed by atoms with Crippen LogP contribution in [-0.2, 0) is 13.1 Å². The van der Waals surface area contributed by atoms with E-state index in [0.717, 1.165) is 30.2 Å². The molecule has 0 radical (unpaired) electrons. The lowest BCUT2D eigenvalue weighted by Crippen LogP contribution is -2.12. The lowest BCUT2D eigenvalue weighted by atomic mass is 10.2.